The van der Waals surface area contributed by atoms with Gasteiger partial charge in [-0.05, 0) is 6.42 Å². The maximum atomic E-state index is 12.5. The smallest absolute Gasteiger partial charge is 0.251 e. The molecule has 0 bridgehead atoms. The molecule has 0 unspecified atom stereocenters. The predicted molar refractivity (Wildman–Crippen MR) is 49.2 cm³/mol. The van der Waals surface area contributed by atoms with Crippen LogP contribution >= 0.6 is 24.8 Å². The van der Waals surface area contributed by atoms with Crippen molar-refractivity contribution in [3.8, 4) is 0 Å². The number of alkyl halides is 2. The van der Waals surface area contributed by atoms with E-state index in [4.69, 9.17) is 11.5 Å². The first-order chi connectivity index (χ1) is 4.49. The minimum atomic E-state index is -2.63. The van der Waals surface area contributed by atoms with E-state index >= 15 is 0 Å². The maximum absolute atomic E-state index is 12.5. The number of hydrogen-bond acceptors (Lipinski definition) is 2. The largest absolute Gasteiger partial charge is 0.327 e. The molecule has 0 amide bonds. The van der Waals surface area contributed by atoms with Crippen molar-refractivity contribution < 1.29 is 8.78 Å². The van der Waals surface area contributed by atoms with Crippen molar-refractivity contribution in [1.29, 1.82) is 0 Å². The van der Waals surface area contributed by atoms with E-state index in [1.165, 1.54) is 0 Å². The second-order valence-corrected chi connectivity index (χ2v) is 3.02. The van der Waals surface area contributed by atoms with Crippen molar-refractivity contribution in [2.45, 2.75) is 37.3 Å². The molecular formula is C6H14Cl2F2N2. The van der Waals surface area contributed by atoms with Gasteiger partial charge in [0.2, 0.25) is 0 Å². The van der Waals surface area contributed by atoms with Crippen LogP contribution in [0.25, 0.3) is 0 Å². The zero-order valence-electron chi connectivity index (χ0n) is 6.50. The summed E-state index contributed by atoms with van der Waals surface area (Å²) in [6, 6.07) is -0.836. The summed E-state index contributed by atoms with van der Waals surface area (Å²) in [7, 11) is 0. The molecule has 6 heteroatoms. The first kappa shape index (κ1) is 14.9. The fraction of sp³-hybridized carbons (Fsp3) is 1.00. The van der Waals surface area contributed by atoms with Crippen molar-refractivity contribution in [1.82, 2.24) is 0 Å². The van der Waals surface area contributed by atoms with E-state index in [0.717, 1.165) is 0 Å². The quantitative estimate of drug-likeness (QED) is 0.650. The molecule has 0 radical (unpaired) electrons. The standard InChI is InChI=1S/C6H12F2N2.2ClH/c7-6(8)2-4(9)1-5(10)3-6;;/h4-5H,1-3,9-10H2;2*1H/t4-,5+;;. The van der Waals surface area contributed by atoms with Gasteiger partial charge < -0.3 is 11.5 Å². The summed E-state index contributed by atoms with van der Waals surface area (Å²) in [4.78, 5) is 0. The van der Waals surface area contributed by atoms with E-state index in [1.807, 2.05) is 0 Å². The van der Waals surface area contributed by atoms with E-state index in [2.05, 4.69) is 0 Å². The third kappa shape index (κ3) is 4.40. The predicted octanol–water partition coefficient (Wildman–Crippen LogP) is 1.30. The highest BCUT2D eigenvalue weighted by molar-refractivity contribution is 5.85. The van der Waals surface area contributed by atoms with E-state index < -0.39 is 18.0 Å². The summed E-state index contributed by atoms with van der Waals surface area (Å²) in [6.45, 7) is 0. The van der Waals surface area contributed by atoms with E-state index in [-0.39, 0.29) is 37.7 Å². The fourth-order valence-electron chi connectivity index (χ4n) is 1.41. The van der Waals surface area contributed by atoms with Crippen LogP contribution in [0.4, 0.5) is 8.78 Å². The molecule has 0 saturated heterocycles. The average Bonchev–Trinajstić information content (AvgIpc) is 1.54. The Morgan fingerprint density at radius 3 is 1.58 bits per heavy atom. The molecule has 1 fully saturated rings. The Bertz CT molecular complexity index is 123. The van der Waals surface area contributed by atoms with Crippen LogP contribution in [0.5, 0.6) is 0 Å². The lowest BCUT2D eigenvalue weighted by Gasteiger charge is -2.30. The van der Waals surface area contributed by atoms with Crippen LogP contribution in [0.3, 0.4) is 0 Å². The van der Waals surface area contributed by atoms with Gasteiger partial charge in [0.05, 0.1) is 0 Å². The molecular weight excluding hydrogens is 209 g/mol. The summed E-state index contributed by atoms with van der Waals surface area (Å²) in [5.74, 6) is -2.63. The normalized spacial score (nSPS) is 33.0. The Morgan fingerprint density at radius 1 is 1.00 bits per heavy atom. The summed E-state index contributed by atoms with van der Waals surface area (Å²) in [5.41, 5.74) is 10.7. The Hall–Kier alpha value is 0.360. The highest BCUT2D eigenvalue weighted by atomic mass is 35.5. The Kier molecular flexibility index (Phi) is 6.40. The molecule has 0 heterocycles. The molecule has 1 aliphatic rings. The second-order valence-electron chi connectivity index (χ2n) is 3.02. The molecule has 0 aliphatic heterocycles. The molecule has 0 aromatic heterocycles. The lowest BCUT2D eigenvalue weighted by Crippen LogP contribution is -2.45. The lowest BCUT2D eigenvalue weighted by atomic mass is 9.89. The molecule has 2 nitrogen and oxygen atoms in total. The highest BCUT2D eigenvalue weighted by Crippen LogP contribution is 2.31. The second kappa shape index (κ2) is 5.17. The summed E-state index contributed by atoms with van der Waals surface area (Å²) in [6.07, 6.45) is 0.108. The minimum Gasteiger partial charge on any atom is -0.327 e. The van der Waals surface area contributed by atoms with Gasteiger partial charge in [0.15, 0.2) is 0 Å². The minimum absolute atomic E-state index is 0. The summed E-state index contributed by atoms with van der Waals surface area (Å²) in [5, 5.41) is 0. The van der Waals surface area contributed by atoms with Gasteiger partial charge in [-0.25, -0.2) is 8.78 Å². The van der Waals surface area contributed by atoms with Crippen LogP contribution in [-0.4, -0.2) is 18.0 Å². The van der Waals surface area contributed by atoms with Gasteiger partial charge in [0, 0.05) is 24.9 Å². The Morgan fingerprint density at radius 2 is 1.33 bits per heavy atom. The van der Waals surface area contributed by atoms with Crippen LogP contribution in [0.1, 0.15) is 19.3 Å². The van der Waals surface area contributed by atoms with Crippen molar-refractivity contribution in [3.63, 3.8) is 0 Å². The Labute approximate surface area is 82.9 Å². The van der Waals surface area contributed by atoms with Crippen molar-refractivity contribution >= 4 is 24.8 Å². The van der Waals surface area contributed by atoms with E-state index in [1.54, 1.807) is 0 Å². The van der Waals surface area contributed by atoms with Crippen LogP contribution in [0.15, 0.2) is 0 Å². The number of halogens is 4. The van der Waals surface area contributed by atoms with Gasteiger partial charge in [0.1, 0.15) is 0 Å². The maximum Gasteiger partial charge on any atom is 0.251 e. The molecule has 2 atom stereocenters. The molecule has 4 N–H and O–H groups in total. The Balaban J connectivity index is 0. The van der Waals surface area contributed by atoms with Crippen LogP contribution in [0.2, 0.25) is 0 Å². The third-order valence-electron chi connectivity index (χ3n) is 1.73. The molecule has 0 spiro atoms. The first-order valence-electron chi connectivity index (χ1n) is 3.38. The van der Waals surface area contributed by atoms with Crippen LogP contribution in [0, 0.1) is 0 Å². The zero-order valence-corrected chi connectivity index (χ0v) is 8.14. The highest BCUT2D eigenvalue weighted by Gasteiger charge is 2.38. The summed E-state index contributed by atoms with van der Waals surface area (Å²) >= 11 is 0. The molecule has 1 saturated carbocycles. The number of hydrogen-bond donors (Lipinski definition) is 2. The van der Waals surface area contributed by atoms with Crippen LogP contribution < -0.4 is 11.5 Å². The van der Waals surface area contributed by atoms with Gasteiger partial charge in [0.25, 0.3) is 5.92 Å². The van der Waals surface area contributed by atoms with Gasteiger partial charge in [-0.3, -0.25) is 0 Å². The molecule has 12 heavy (non-hydrogen) atoms. The van der Waals surface area contributed by atoms with Gasteiger partial charge >= 0.3 is 0 Å². The van der Waals surface area contributed by atoms with Crippen molar-refractivity contribution in [2.75, 3.05) is 0 Å². The summed E-state index contributed by atoms with van der Waals surface area (Å²) < 4.78 is 25.1. The zero-order chi connectivity index (χ0) is 7.78. The van der Waals surface area contributed by atoms with E-state index in [9.17, 15) is 8.78 Å². The van der Waals surface area contributed by atoms with Crippen molar-refractivity contribution in [2.24, 2.45) is 11.5 Å². The topological polar surface area (TPSA) is 52.0 Å². The number of nitrogens with two attached hydrogens (primary N) is 2. The first-order valence-corrected chi connectivity index (χ1v) is 3.38. The fourth-order valence-corrected chi connectivity index (χ4v) is 1.41. The van der Waals surface area contributed by atoms with Gasteiger partial charge in [-0.15, -0.1) is 24.8 Å². The lowest BCUT2D eigenvalue weighted by molar-refractivity contribution is -0.0455. The van der Waals surface area contributed by atoms with Gasteiger partial charge in [-0.2, -0.15) is 0 Å². The molecule has 0 aromatic carbocycles. The molecule has 0 aromatic rings. The van der Waals surface area contributed by atoms with E-state index in [0.29, 0.717) is 6.42 Å². The number of rotatable bonds is 0. The van der Waals surface area contributed by atoms with Gasteiger partial charge in [-0.1, -0.05) is 0 Å². The third-order valence-corrected chi connectivity index (χ3v) is 1.73. The monoisotopic (exact) mass is 222 g/mol. The average molecular weight is 223 g/mol. The van der Waals surface area contributed by atoms with Crippen molar-refractivity contribution in [3.05, 3.63) is 0 Å². The molecule has 1 aliphatic carbocycles. The molecule has 76 valence electrons. The SMILES string of the molecule is Cl.Cl.N[C@@H]1C[C@H](N)CC(F)(F)C1. The van der Waals surface area contributed by atoms with Crippen LogP contribution in [-0.2, 0) is 0 Å². The molecule has 1 rings (SSSR count).